The summed E-state index contributed by atoms with van der Waals surface area (Å²) in [6, 6.07) is 7.34. The third-order valence-corrected chi connectivity index (χ3v) is 5.59. The Labute approximate surface area is 131 Å². The van der Waals surface area contributed by atoms with Crippen molar-refractivity contribution in [3.8, 4) is 0 Å². The van der Waals surface area contributed by atoms with E-state index in [-0.39, 0.29) is 5.75 Å². The van der Waals surface area contributed by atoms with Crippen molar-refractivity contribution in [2.75, 3.05) is 12.3 Å². The van der Waals surface area contributed by atoms with E-state index >= 15 is 0 Å². The van der Waals surface area contributed by atoms with Crippen LogP contribution < -0.4 is 5.32 Å². The molecule has 0 aliphatic carbocycles. The summed E-state index contributed by atoms with van der Waals surface area (Å²) >= 11 is 3.31. The fourth-order valence-electron chi connectivity index (χ4n) is 2.10. The first-order valence-corrected chi connectivity index (χ1v) is 9.65. The maximum Gasteiger partial charge on any atom is 0.178 e. The van der Waals surface area contributed by atoms with Gasteiger partial charge in [0.15, 0.2) is 9.84 Å². The average molecular weight is 362 g/mol. The van der Waals surface area contributed by atoms with E-state index in [2.05, 4.69) is 35.1 Å². The van der Waals surface area contributed by atoms with Crippen molar-refractivity contribution < 1.29 is 8.42 Å². The van der Waals surface area contributed by atoms with Crippen LogP contribution in [0.4, 0.5) is 0 Å². The molecule has 0 spiro atoms. The number of hydrogen-bond donors (Lipinski definition) is 1. The number of sulfone groups is 1. The molecule has 114 valence electrons. The van der Waals surface area contributed by atoms with Gasteiger partial charge in [-0.25, -0.2) is 8.42 Å². The van der Waals surface area contributed by atoms with Gasteiger partial charge in [-0.15, -0.1) is 0 Å². The van der Waals surface area contributed by atoms with Crippen LogP contribution in [0.1, 0.15) is 39.5 Å². The third-order valence-electron chi connectivity index (χ3n) is 3.30. The van der Waals surface area contributed by atoms with Gasteiger partial charge in [-0.2, -0.15) is 0 Å². The van der Waals surface area contributed by atoms with Gasteiger partial charge in [-0.3, -0.25) is 0 Å². The molecule has 0 bridgehead atoms. The van der Waals surface area contributed by atoms with Crippen LogP contribution in [0, 0.1) is 0 Å². The van der Waals surface area contributed by atoms with Crippen LogP contribution >= 0.6 is 15.9 Å². The number of rotatable bonds is 9. The highest BCUT2D eigenvalue weighted by molar-refractivity contribution is 9.10. The van der Waals surface area contributed by atoms with Crippen molar-refractivity contribution in [2.24, 2.45) is 0 Å². The van der Waals surface area contributed by atoms with Crippen molar-refractivity contribution in [3.05, 3.63) is 28.7 Å². The summed E-state index contributed by atoms with van der Waals surface area (Å²) in [7, 11) is -3.16. The Morgan fingerprint density at radius 3 is 2.65 bits per heavy atom. The van der Waals surface area contributed by atoms with E-state index in [1.165, 1.54) is 0 Å². The average Bonchev–Trinajstić information content (AvgIpc) is 2.42. The zero-order chi connectivity index (χ0) is 15.0. The number of nitrogens with one attached hydrogen (secondary N) is 1. The smallest absolute Gasteiger partial charge is 0.178 e. The van der Waals surface area contributed by atoms with Gasteiger partial charge >= 0.3 is 0 Å². The molecule has 5 heteroatoms. The zero-order valence-electron chi connectivity index (χ0n) is 12.2. The highest BCUT2D eigenvalue weighted by Crippen LogP contribution is 2.18. The quantitative estimate of drug-likeness (QED) is 0.727. The van der Waals surface area contributed by atoms with Gasteiger partial charge in [-0.1, -0.05) is 35.8 Å². The number of hydrogen-bond acceptors (Lipinski definition) is 3. The van der Waals surface area contributed by atoms with Crippen LogP contribution in [0.25, 0.3) is 0 Å². The van der Waals surface area contributed by atoms with E-state index in [4.69, 9.17) is 0 Å². The lowest BCUT2D eigenvalue weighted by Crippen LogP contribution is -2.29. The van der Waals surface area contributed by atoms with E-state index in [9.17, 15) is 8.42 Å². The summed E-state index contributed by atoms with van der Waals surface area (Å²) in [5.74, 6) is 0.216. The summed E-state index contributed by atoms with van der Waals surface area (Å²) in [6.45, 7) is 5.27. The summed E-state index contributed by atoms with van der Waals surface area (Å²) in [5, 5.41) is 3.45. The van der Waals surface area contributed by atoms with Gasteiger partial charge in [0.25, 0.3) is 0 Å². The molecule has 3 nitrogen and oxygen atoms in total. The molecule has 0 aliphatic rings. The second kappa shape index (κ2) is 8.80. The second-order valence-electron chi connectivity index (χ2n) is 4.98. The second-order valence-corrected chi connectivity index (χ2v) is 8.00. The molecular formula is C15H24BrNO2S. The van der Waals surface area contributed by atoms with Crippen LogP contribution in [0.5, 0.6) is 0 Å². The molecule has 1 N–H and O–H groups in total. The molecule has 0 aromatic heterocycles. The van der Waals surface area contributed by atoms with Crippen LogP contribution in [-0.4, -0.2) is 26.8 Å². The fourth-order valence-corrected chi connectivity index (χ4v) is 4.02. The molecule has 20 heavy (non-hydrogen) atoms. The molecule has 0 saturated carbocycles. The van der Waals surface area contributed by atoms with Gasteiger partial charge in [0.05, 0.1) is 10.6 Å². The minimum absolute atomic E-state index is 0.216. The lowest BCUT2D eigenvalue weighted by Gasteiger charge is -2.16. The predicted octanol–water partition coefficient (Wildman–Crippen LogP) is 3.78. The number of benzene rings is 1. The standard InChI is InChI=1S/C15H24BrNO2S/c1-3-10-17-14(4-2)8-6-11-20(18,19)15-9-5-7-13(16)12-15/h5,7,9,12,14,17H,3-4,6,8,10-11H2,1-2H3. The molecule has 1 aromatic carbocycles. The minimum Gasteiger partial charge on any atom is -0.314 e. The first-order valence-electron chi connectivity index (χ1n) is 7.21. The molecule has 1 aromatic rings. The van der Waals surface area contributed by atoms with E-state index in [1.807, 2.05) is 6.07 Å². The van der Waals surface area contributed by atoms with Gasteiger partial charge < -0.3 is 5.32 Å². The molecule has 0 aliphatic heterocycles. The van der Waals surface area contributed by atoms with Gasteiger partial charge in [0.2, 0.25) is 0 Å². The lowest BCUT2D eigenvalue weighted by atomic mass is 10.1. The molecule has 1 atom stereocenters. The van der Waals surface area contributed by atoms with Gasteiger partial charge in [-0.05, 0) is 50.4 Å². The molecule has 0 radical (unpaired) electrons. The summed E-state index contributed by atoms with van der Waals surface area (Å²) in [6.07, 6.45) is 3.75. The maximum absolute atomic E-state index is 12.2. The molecule has 0 amide bonds. The molecule has 1 rings (SSSR count). The monoisotopic (exact) mass is 361 g/mol. The molecular weight excluding hydrogens is 338 g/mol. The first kappa shape index (κ1) is 17.7. The van der Waals surface area contributed by atoms with E-state index in [1.54, 1.807) is 18.2 Å². The molecule has 0 heterocycles. The molecule has 1 unspecified atom stereocenters. The largest absolute Gasteiger partial charge is 0.314 e. The Morgan fingerprint density at radius 2 is 2.05 bits per heavy atom. The van der Waals surface area contributed by atoms with Gasteiger partial charge in [0, 0.05) is 10.5 Å². The third kappa shape index (κ3) is 5.94. The van der Waals surface area contributed by atoms with Crippen LogP contribution in [0.3, 0.4) is 0 Å². The number of halogens is 1. The normalized spacial score (nSPS) is 13.3. The predicted molar refractivity (Wildman–Crippen MR) is 87.8 cm³/mol. The van der Waals surface area contributed by atoms with E-state index in [0.717, 1.165) is 30.3 Å². The Morgan fingerprint density at radius 1 is 1.30 bits per heavy atom. The summed E-state index contributed by atoms with van der Waals surface area (Å²) in [4.78, 5) is 0.404. The first-order chi connectivity index (χ1) is 9.49. The summed E-state index contributed by atoms with van der Waals surface area (Å²) in [5.41, 5.74) is 0. The topological polar surface area (TPSA) is 46.2 Å². The van der Waals surface area contributed by atoms with Crippen LogP contribution in [-0.2, 0) is 9.84 Å². The Balaban J connectivity index is 2.51. The van der Waals surface area contributed by atoms with Gasteiger partial charge in [0.1, 0.15) is 0 Å². The Kier molecular flexibility index (Phi) is 7.77. The minimum atomic E-state index is -3.16. The zero-order valence-corrected chi connectivity index (χ0v) is 14.6. The lowest BCUT2D eigenvalue weighted by molar-refractivity contribution is 0.463. The van der Waals surface area contributed by atoms with Crippen LogP contribution in [0.15, 0.2) is 33.6 Å². The highest BCUT2D eigenvalue weighted by atomic mass is 79.9. The van der Waals surface area contributed by atoms with Crippen molar-refractivity contribution >= 4 is 25.8 Å². The van der Waals surface area contributed by atoms with Crippen molar-refractivity contribution in [2.45, 2.75) is 50.5 Å². The van der Waals surface area contributed by atoms with Crippen LogP contribution in [0.2, 0.25) is 0 Å². The Bertz CT molecular complexity index is 502. The van der Waals surface area contributed by atoms with E-state index < -0.39 is 9.84 Å². The molecule has 0 saturated heterocycles. The highest BCUT2D eigenvalue weighted by Gasteiger charge is 2.15. The molecule has 0 fully saturated rings. The SMILES string of the molecule is CCCNC(CC)CCCS(=O)(=O)c1cccc(Br)c1. The fraction of sp³-hybridized carbons (Fsp3) is 0.600. The van der Waals surface area contributed by atoms with Crippen molar-refractivity contribution in [1.29, 1.82) is 0 Å². The summed E-state index contributed by atoms with van der Waals surface area (Å²) < 4.78 is 25.3. The van der Waals surface area contributed by atoms with E-state index in [0.29, 0.717) is 17.4 Å². The van der Waals surface area contributed by atoms with Crippen molar-refractivity contribution in [3.63, 3.8) is 0 Å². The maximum atomic E-state index is 12.2. The Hall–Kier alpha value is -0.390. The van der Waals surface area contributed by atoms with Crippen molar-refractivity contribution in [1.82, 2.24) is 5.32 Å².